The van der Waals surface area contributed by atoms with Gasteiger partial charge in [0.1, 0.15) is 0 Å². The van der Waals surface area contributed by atoms with E-state index in [-0.39, 0.29) is 5.91 Å². The van der Waals surface area contributed by atoms with Crippen LogP contribution in [-0.2, 0) is 0 Å². The molecule has 5 heteroatoms. The quantitative estimate of drug-likeness (QED) is 0.925. The summed E-state index contributed by atoms with van der Waals surface area (Å²) in [6.45, 7) is 0.676. The first-order valence-corrected chi connectivity index (χ1v) is 8.02. The van der Waals surface area contributed by atoms with Gasteiger partial charge in [-0.3, -0.25) is 4.79 Å². The van der Waals surface area contributed by atoms with E-state index in [1.54, 1.807) is 11.3 Å². The highest BCUT2D eigenvalue weighted by molar-refractivity contribution is 9.11. The van der Waals surface area contributed by atoms with Crippen LogP contribution in [0.2, 0.25) is 0 Å². The number of hydrogen-bond donors (Lipinski definition) is 1. The third kappa shape index (κ3) is 2.95. The Hall–Kier alpha value is -0.390. The molecule has 1 aromatic rings. The third-order valence-electron chi connectivity index (χ3n) is 3.80. The van der Waals surface area contributed by atoms with Crippen molar-refractivity contribution in [2.24, 2.45) is 11.7 Å². The summed E-state index contributed by atoms with van der Waals surface area (Å²) in [4.78, 5) is 14.3. The van der Waals surface area contributed by atoms with Crippen LogP contribution < -0.4 is 5.73 Å². The molecule has 2 rings (SSSR count). The summed E-state index contributed by atoms with van der Waals surface area (Å²) in [5.74, 6) is 0.567. The number of nitrogens with zero attached hydrogens (tertiary/aromatic N) is 1. The van der Waals surface area contributed by atoms with Crippen LogP contribution in [0.3, 0.4) is 0 Å². The van der Waals surface area contributed by atoms with E-state index in [4.69, 9.17) is 5.73 Å². The molecule has 0 spiro atoms. The molecule has 0 radical (unpaired) electrons. The second kappa shape index (κ2) is 6.17. The molecule has 1 fully saturated rings. The van der Waals surface area contributed by atoms with Gasteiger partial charge in [0.2, 0.25) is 0 Å². The zero-order chi connectivity index (χ0) is 13.1. The minimum Gasteiger partial charge on any atom is -0.338 e. The maximum atomic E-state index is 12.4. The molecule has 2 unspecified atom stereocenters. The van der Waals surface area contributed by atoms with E-state index in [0.29, 0.717) is 18.5 Å². The van der Waals surface area contributed by atoms with Crippen molar-refractivity contribution in [3.05, 3.63) is 20.8 Å². The zero-order valence-electron chi connectivity index (χ0n) is 10.6. The van der Waals surface area contributed by atoms with Crippen LogP contribution in [0.1, 0.15) is 36.0 Å². The Balaban J connectivity index is 2.09. The van der Waals surface area contributed by atoms with E-state index in [1.165, 1.54) is 12.8 Å². The maximum absolute atomic E-state index is 12.4. The molecule has 0 aromatic carbocycles. The smallest absolute Gasteiger partial charge is 0.254 e. The van der Waals surface area contributed by atoms with Crippen molar-refractivity contribution in [3.63, 3.8) is 0 Å². The van der Waals surface area contributed by atoms with E-state index in [0.717, 1.165) is 22.2 Å². The van der Waals surface area contributed by atoms with Crippen molar-refractivity contribution >= 4 is 33.2 Å². The molecule has 0 saturated heterocycles. The Labute approximate surface area is 120 Å². The Bertz CT molecular complexity index is 421. The van der Waals surface area contributed by atoms with Crippen LogP contribution in [0.4, 0.5) is 0 Å². The zero-order valence-corrected chi connectivity index (χ0v) is 13.0. The van der Waals surface area contributed by atoms with Gasteiger partial charge in [0.25, 0.3) is 5.91 Å². The summed E-state index contributed by atoms with van der Waals surface area (Å²) < 4.78 is 0.998. The van der Waals surface area contributed by atoms with Crippen LogP contribution in [0, 0.1) is 5.92 Å². The minimum absolute atomic E-state index is 0.113. The van der Waals surface area contributed by atoms with E-state index in [2.05, 4.69) is 15.9 Å². The van der Waals surface area contributed by atoms with Gasteiger partial charge < -0.3 is 10.6 Å². The second-order valence-corrected chi connectivity index (χ2v) is 7.19. The average Bonchev–Trinajstić information content (AvgIpc) is 2.83. The standard InChI is InChI=1S/C13H19BrN2OS/c1-16(11-5-3-2-4-9(11)7-15)13(17)10-6-12(14)18-8-10/h6,8-9,11H,2-5,7,15H2,1H3. The normalized spacial score (nSPS) is 23.9. The number of nitrogens with two attached hydrogens (primary N) is 1. The lowest BCUT2D eigenvalue weighted by atomic mass is 9.83. The monoisotopic (exact) mass is 330 g/mol. The van der Waals surface area contributed by atoms with Crippen molar-refractivity contribution in [3.8, 4) is 0 Å². The number of carbonyl (C=O) groups excluding carboxylic acids is 1. The van der Waals surface area contributed by atoms with E-state index < -0.39 is 0 Å². The van der Waals surface area contributed by atoms with Crippen LogP contribution in [0.15, 0.2) is 15.2 Å². The summed E-state index contributed by atoms with van der Waals surface area (Å²) in [5, 5.41) is 1.91. The van der Waals surface area contributed by atoms with Crippen LogP contribution in [-0.4, -0.2) is 30.4 Å². The molecule has 1 saturated carbocycles. The van der Waals surface area contributed by atoms with Crippen molar-refractivity contribution in [2.75, 3.05) is 13.6 Å². The highest BCUT2D eigenvalue weighted by Gasteiger charge is 2.30. The van der Waals surface area contributed by atoms with Crippen molar-refractivity contribution in [1.82, 2.24) is 4.90 Å². The number of amides is 1. The van der Waals surface area contributed by atoms with Gasteiger partial charge in [0, 0.05) is 18.5 Å². The van der Waals surface area contributed by atoms with Crippen molar-refractivity contribution in [1.29, 1.82) is 0 Å². The molecule has 2 N–H and O–H groups in total. The Morgan fingerprint density at radius 3 is 2.89 bits per heavy atom. The summed E-state index contributed by atoms with van der Waals surface area (Å²) in [6, 6.07) is 2.19. The first kappa shape index (κ1) is 14.0. The first-order valence-electron chi connectivity index (χ1n) is 6.34. The lowest BCUT2D eigenvalue weighted by Gasteiger charge is -2.37. The Kier molecular flexibility index (Phi) is 4.81. The largest absolute Gasteiger partial charge is 0.338 e. The molecule has 100 valence electrons. The molecular formula is C13H19BrN2OS. The molecular weight excluding hydrogens is 312 g/mol. The fourth-order valence-electron chi connectivity index (χ4n) is 2.75. The summed E-state index contributed by atoms with van der Waals surface area (Å²) in [7, 11) is 1.91. The van der Waals surface area contributed by atoms with Crippen molar-refractivity contribution < 1.29 is 4.79 Å². The maximum Gasteiger partial charge on any atom is 0.254 e. The van der Waals surface area contributed by atoms with Crippen LogP contribution >= 0.6 is 27.3 Å². The molecule has 18 heavy (non-hydrogen) atoms. The van der Waals surface area contributed by atoms with Gasteiger partial charge in [-0.15, -0.1) is 11.3 Å². The fourth-order valence-corrected chi connectivity index (χ4v) is 3.88. The summed E-state index contributed by atoms with van der Waals surface area (Å²) in [5.41, 5.74) is 6.60. The Morgan fingerprint density at radius 2 is 2.28 bits per heavy atom. The molecule has 1 aliphatic rings. The summed E-state index contributed by atoms with van der Waals surface area (Å²) >= 11 is 4.95. The number of carbonyl (C=O) groups is 1. The molecule has 1 heterocycles. The summed E-state index contributed by atoms with van der Waals surface area (Å²) in [6.07, 6.45) is 4.66. The van der Waals surface area contributed by atoms with Gasteiger partial charge >= 0.3 is 0 Å². The number of thiophene rings is 1. The van der Waals surface area contributed by atoms with Gasteiger partial charge in [0.15, 0.2) is 0 Å². The van der Waals surface area contributed by atoms with Crippen LogP contribution in [0.25, 0.3) is 0 Å². The predicted molar refractivity (Wildman–Crippen MR) is 78.9 cm³/mol. The predicted octanol–water partition coefficient (Wildman–Crippen LogP) is 3.10. The average molecular weight is 331 g/mol. The lowest BCUT2D eigenvalue weighted by Crippen LogP contribution is -2.45. The minimum atomic E-state index is 0.113. The molecule has 2 atom stereocenters. The SMILES string of the molecule is CN(C(=O)c1csc(Br)c1)C1CCCCC1CN. The highest BCUT2D eigenvalue weighted by atomic mass is 79.9. The third-order valence-corrected chi connectivity index (χ3v) is 5.31. The topological polar surface area (TPSA) is 46.3 Å². The highest BCUT2D eigenvalue weighted by Crippen LogP contribution is 2.29. The van der Waals surface area contributed by atoms with E-state index in [1.807, 2.05) is 23.4 Å². The number of hydrogen-bond acceptors (Lipinski definition) is 3. The van der Waals surface area contributed by atoms with E-state index >= 15 is 0 Å². The molecule has 1 aliphatic carbocycles. The van der Waals surface area contributed by atoms with Gasteiger partial charge in [-0.1, -0.05) is 12.8 Å². The second-order valence-electron chi connectivity index (χ2n) is 4.90. The molecule has 3 nitrogen and oxygen atoms in total. The van der Waals surface area contributed by atoms with E-state index in [9.17, 15) is 4.79 Å². The lowest BCUT2D eigenvalue weighted by molar-refractivity contribution is 0.0621. The number of rotatable bonds is 3. The van der Waals surface area contributed by atoms with Gasteiger partial charge in [-0.05, 0) is 47.3 Å². The van der Waals surface area contributed by atoms with Gasteiger partial charge in [0.05, 0.1) is 9.35 Å². The van der Waals surface area contributed by atoms with Crippen molar-refractivity contribution in [2.45, 2.75) is 31.7 Å². The number of halogens is 1. The molecule has 1 aromatic heterocycles. The Morgan fingerprint density at radius 1 is 1.56 bits per heavy atom. The molecule has 0 bridgehead atoms. The molecule has 0 aliphatic heterocycles. The van der Waals surface area contributed by atoms with Crippen LogP contribution in [0.5, 0.6) is 0 Å². The van der Waals surface area contributed by atoms with Gasteiger partial charge in [-0.25, -0.2) is 0 Å². The first-order chi connectivity index (χ1) is 8.63. The fraction of sp³-hybridized carbons (Fsp3) is 0.615. The van der Waals surface area contributed by atoms with Gasteiger partial charge in [-0.2, -0.15) is 0 Å². The molecule has 1 amide bonds.